The highest BCUT2D eigenvalue weighted by Gasteiger charge is 2.30. The Morgan fingerprint density at radius 1 is 1.10 bits per heavy atom. The summed E-state index contributed by atoms with van der Waals surface area (Å²) in [6, 6.07) is 7.75. The topological polar surface area (TPSA) is 47.7 Å². The Morgan fingerprint density at radius 2 is 1.71 bits per heavy atom. The fourth-order valence-electron chi connectivity index (χ4n) is 2.85. The van der Waals surface area contributed by atoms with E-state index in [0.717, 1.165) is 37.4 Å². The van der Waals surface area contributed by atoms with E-state index in [0.29, 0.717) is 13.2 Å². The standard InChI is InChI=1S/C17H30N2O2/c1-5-17(6-2,14-18)19(7-3)12-13-21-16-11-9-8-10-15(16)20-4/h8-11H,5-7,12-14,18H2,1-4H3. The molecule has 0 radical (unpaired) electrons. The molecule has 0 atom stereocenters. The van der Waals surface area contributed by atoms with E-state index < -0.39 is 0 Å². The summed E-state index contributed by atoms with van der Waals surface area (Å²) in [5.74, 6) is 1.57. The van der Waals surface area contributed by atoms with Crippen molar-refractivity contribution in [1.82, 2.24) is 4.90 Å². The van der Waals surface area contributed by atoms with Crippen LogP contribution < -0.4 is 15.2 Å². The molecule has 0 bridgehead atoms. The number of nitrogens with zero attached hydrogens (tertiary/aromatic N) is 1. The zero-order valence-corrected chi connectivity index (χ0v) is 13.9. The van der Waals surface area contributed by atoms with Crippen LogP contribution in [-0.4, -0.2) is 43.8 Å². The smallest absolute Gasteiger partial charge is 0.161 e. The van der Waals surface area contributed by atoms with Gasteiger partial charge in [-0.05, 0) is 31.5 Å². The van der Waals surface area contributed by atoms with Crippen molar-refractivity contribution in [3.63, 3.8) is 0 Å². The van der Waals surface area contributed by atoms with E-state index >= 15 is 0 Å². The van der Waals surface area contributed by atoms with Gasteiger partial charge in [-0.25, -0.2) is 0 Å². The van der Waals surface area contributed by atoms with Gasteiger partial charge in [-0.1, -0.05) is 32.9 Å². The van der Waals surface area contributed by atoms with Crippen LogP contribution in [0.2, 0.25) is 0 Å². The minimum Gasteiger partial charge on any atom is -0.493 e. The second kappa shape index (κ2) is 8.90. The summed E-state index contributed by atoms with van der Waals surface area (Å²) in [6.45, 7) is 9.76. The van der Waals surface area contributed by atoms with E-state index in [1.807, 2.05) is 24.3 Å². The van der Waals surface area contributed by atoms with Gasteiger partial charge in [0.2, 0.25) is 0 Å². The molecule has 0 heterocycles. The van der Waals surface area contributed by atoms with Crippen molar-refractivity contribution in [2.45, 2.75) is 39.2 Å². The first kappa shape index (κ1) is 17.8. The lowest BCUT2D eigenvalue weighted by atomic mass is 9.90. The maximum atomic E-state index is 6.03. The minimum atomic E-state index is 0.0822. The monoisotopic (exact) mass is 294 g/mol. The van der Waals surface area contributed by atoms with E-state index in [2.05, 4.69) is 25.7 Å². The van der Waals surface area contributed by atoms with Crippen LogP contribution in [0.4, 0.5) is 0 Å². The first-order valence-corrected chi connectivity index (χ1v) is 7.88. The lowest BCUT2D eigenvalue weighted by molar-refractivity contribution is 0.0740. The normalized spacial score (nSPS) is 11.7. The van der Waals surface area contributed by atoms with E-state index in [1.165, 1.54) is 0 Å². The number of methoxy groups -OCH3 is 1. The average Bonchev–Trinajstić information content (AvgIpc) is 2.55. The van der Waals surface area contributed by atoms with Gasteiger partial charge < -0.3 is 15.2 Å². The fraction of sp³-hybridized carbons (Fsp3) is 0.647. The summed E-state index contributed by atoms with van der Waals surface area (Å²) in [5, 5.41) is 0. The number of nitrogens with two attached hydrogens (primary N) is 1. The second-order valence-corrected chi connectivity index (χ2v) is 5.21. The molecule has 0 aliphatic rings. The maximum absolute atomic E-state index is 6.03. The van der Waals surface area contributed by atoms with Crippen LogP contribution >= 0.6 is 0 Å². The summed E-state index contributed by atoms with van der Waals surface area (Å²) in [5.41, 5.74) is 6.11. The van der Waals surface area contributed by atoms with Crippen LogP contribution in [0.15, 0.2) is 24.3 Å². The van der Waals surface area contributed by atoms with Crippen molar-refractivity contribution in [1.29, 1.82) is 0 Å². The van der Waals surface area contributed by atoms with E-state index in [-0.39, 0.29) is 5.54 Å². The Hall–Kier alpha value is -1.26. The van der Waals surface area contributed by atoms with Crippen LogP contribution in [0.1, 0.15) is 33.6 Å². The molecule has 0 aliphatic carbocycles. The lowest BCUT2D eigenvalue weighted by Crippen LogP contribution is -2.54. The molecule has 120 valence electrons. The molecule has 0 saturated carbocycles. The number of hydrogen-bond acceptors (Lipinski definition) is 4. The molecule has 1 aromatic carbocycles. The van der Waals surface area contributed by atoms with Crippen LogP contribution in [-0.2, 0) is 0 Å². The molecule has 2 N–H and O–H groups in total. The van der Waals surface area contributed by atoms with Crippen LogP contribution in [0, 0.1) is 0 Å². The Labute approximate surface area is 129 Å². The fourth-order valence-corrected chi connectivity index (χ4v) is 2.85. The van der Waals surface area contributed by atoms with Gasteiger partial charge in [0.05, 0.1) is 7.11 Å². The van der Waals surface area contributed by atoms with E-state index in [4.69, 9.17) is 15.2 Å². The average molecular weight is 294 g/mol. The quantitative estimate of drug-likeness (QED) is 0.721. The molecule has 0 unspecified atom stereocenters. The molecular formula is C17H30N2O2. The van der Waals surface area contributed by atoms with Gasteiger partial charge in [0.15, 0.2) is 11.5 Å². The van der Waals surface area contributed by atoms with Crippen molar-refractivity contribution in [3.05, 3.63) is 24.3 Å². The Bertz CT molecular complexity index is 397. The molecule has 1 rings (SSSR count). The summed E-state index contributed by atoms with van der Waals surface area (Å²) >= 11 is 0. The molecule has 0 aliphatic heterocycles. The van der Waals surface area contributed by atoms with Crippen molar-refractivity contribution >= 4 is 0 Å². The lowest BCUT2D eigenvalue weighted by Gasteiger charge is -2.42. The SMILES string of the molecule is CCN(CCOc1ccccc1OC)C(CC)(CC)CN. The summed E-state index contributed by atoms with van der Waals surface area (Å²) in [4.78, 5) is 2.43. The zero-order chi connectivity index (χ0) is 15.7. The maximum Gasteiger partial charge on any atom is 0.161 e. The molecule has 0 saturated heterocycles. The van der Waals surface area contributed by atoms with Crippen molar-refractivity contribution in [2.75, 3.05) is 33.4 Å². The van der Waals surface area contributed by atoms with E-state index in [9.17, 15) is 0 Å². The third kappa shape index (κ3) is 4.35. The Kier molecular flexibility index (Phi) is 7.54. The van der Waals surface area contributed by atoms with Gasteiger partial charge in [0.1, 0.15) is 6.61 Å². The Balaban J connectivity index is 2.63. The summed E-state index contributed by atoms with van der Waals surface area (Å²) in [7, 11) is 1.66. The van der Waals surface area contributed by atoms with Gasteiger partial charge in [0.25, 0.3) is 0 Å². The molecule has 0 amide bonds. The minimum absolute atomic E-state index is 0.0822. The molecule has 0 spiro atoms. The third-order valence-corrected chi connectivity index (χ3v) is 4.44. The number of benzene rings is 1. The first-order chi connectivity index (χ1) is 10.2. The highest BCUT2D eigenvalue weighted by atomic mass is 16.5. The number of ether oxygens (including phenoxy) is 2. The predicted octanol–water partition coefficient (Wildman–Crippen LogP) is 2.91. The first-order valence-electron chi connectivity index (χ1n) is 7.88. The largest absolute Gasteiger partial charge is 0.493 e. The molecule has 4 nitrogen and oxygen atoms in total. The van der Waals surface area contributed by atoms with Crippen molar-refractivity contribution in [3.8, 4) is 11.5 Å². The van der Waals surface area contributed by atoms with Crippen LogP contribution in [0.3, 0.4) is 0 Å². The molecule has 0 fully saturated rings. The number of hydrogen-bond donors (Lipinski definition) is 1. The third-order valence-electron chi connectivity index (χ3n) is 4.44. The van der Waals surface area contributed by atoms with Gasteiger partial charge in [0, 0.05) is 18.6 Å². The number of rotatable bonds is 10. The molecule has 0 aromatic heterocycles. The highest BCUT2D eigenvalue weighted by Crippen LogP contribution is 2.26. The number of para-hydroxylation sites is 2. The van der Waals surface area contributed by atoms with Crippen LogP contribution in [0.5, 0.6) is 11.5 Å². The second-order valence-electron chi connectivity index (χ2n) is 5.21. The molecular weight excluding hydrogens is 264 g/mol. The van der Waals surface area contributed by atoms with Gasteiger partial charge >= 0.3 is 0 Å². The van der Waals surface area contributed by atoms with Gasteiger partial charge in [-0.15, -0.1) is 0 Å². The zero-order valence-electron chi connectivity index (χ0n) is 13.9. The van der Waals surface area contributed by atoms with Crippen LogP contribution in [0.25, 0.3) is 0 Å². The Morgan fingerprint density at radius 3 is 2.19 bits per heavy atom. The van der Waals surface area contributed by atoms with Crippen molar-refractivity contribution in [2.24, 2.45) is 5.73 Å². The predicted molar refractivity (Wildman–Crippen MR) is 88.1 cm³/mol. The highest BCUT2D eigenvalue weighted by molar-refractivity contribution is 5.39. The molecule has 4 heteroatoms. The summed E-state index contributed by atoms with van der Waals surface area (Å²) in [6.07, 6.45) is 2.12. The van der Waals surface area contributed by atoms with Gasteiger partial charge in [-0.2, -0.15) is 0 Å². The van der Waals surface area contributed by atoms with Gasteiger partial charge in [-0.3, -0.25) is 4.90 Å². The van der Waals surface area contributed by atoms with E-state index in [1.54, 1.807) is 7.11 Å². The van der Waals surface area contributed by atoms with Crippen molar-refractivity contribution < 1.29 is 9.47 Å². The molecule has 1 aromatic rings. The number of likely N-dealkylation sites (N-methyl/N-ethyl adjacent to an activating group) is 1. The molecule has 21 heavy (non-hydrogen) atoms. The summed E-state index contributed by atoms with van der Waals surface area (Å²) < 4.78 is 11.2.